The summed E-state index contributed by atoms with van der Waals surface area (Å²) in [4.78, 5) is 32.0. The van der Waals surface area contributed by atoms with Crippen LogP contribution in [0.25, 0.3) is 0 Å². The minimum atomic E-state index is -0.458. The number of nitrogens with zero attached hydrogens (tertiary/aromatic N) is 4. The van der Waals surface area contributed by atoms with Crippen molar-refractivity contribution < 1.29 is 9.84 Å². The molecular weight excluding hydrogens is 384 g/mol. The van der Waals surface area contributed by atoms with Gasteiger partial charge in [-0.2, -0.15) is 0 Å². The largest absolute Gasteiger partial charge is 0.396 e. The van der Waals surface area contributed by atoms with Crippen LogP contribution in [-0.4, -0.2) is 40.4 Å². The van der Waals surface area contributed by atoms with Crippen LogP contribution < -0.4 is 16.1 Å². The van der Waals surface area contributed by atoms with E-state index < -0.39 is 11.2 Å². The molecule has 0 amide bonds. The summed E-state index contributed by atoms with van der Waals surface area (Å²) in [7, 11) is 0. The van der Waals surface area contributed by atoms with E-state index in [-0.39, 0.29) is 37.5 Å². The number of aromatic nitrogens is 2. The molecule has 0 atom stereocenters. The molecule has 0 saturated carbocycles. The molecule has 0 fully saturated rings. The molecule has 2 rings (SSSR count). The number of aryl methyl sites for hydroxylation is 1. The van der Waals surface area contributed by atoms with Gasteiger partial charge in [-0.25, -0.2) is 9.79 Å². The van der Waals surface area contributed by atoms with Crippen LogP contribution in [0.5, 0.6) is 0 Å². The number of ether oxygens (including phenoxy) is 1. The van der Waals surface area contributed by atoms with Gasteiger partial charge in [-0.3, -0.25) is 13.9 Å². The summed E-state index contributed by atoms with van der Waals surface area (Å²) in [6, 6.07) is 8.02. The standard InChI is InChI=1S/C22H32N4O4/c1-6-25-20(23-5)19(21(28)26(22(25)29)12-7-13-27)24(15-30-16(2)3)14-18-10-8-17(4)9-11-18/h8-11,16,27H,5-7,12-15H2,1-4H3. The molecule has 1 aromatic carbocycles. The zero-order valence-electron chi connectivity index (χ0n) is 18.3. The SMILES string of the molecule is C=Nc1c(N(COC(C)C)Cc2ccc(C)cc2)c(=O)n(CCCO)c(=O)n1CC. The first kappa shape index (κ1) is 23.6. The topological polar surface area (TPSA) is 89.1 Å². The molecule has 30 heavy (non-hydrogen) atoms. The quantitative estimate of drug-likeness (QED) is 0.449. The molecule has 0 saturated heterocycles. The van der Waals surface area contributed by atoms with Crippen molar-refractivity contribution in [2.45, 2.75) is 59.9 Å². The number of aliphatic hydroxyl groups excluding tert-OH is 1. The van der Waals surface area contributed by atoms with Crippen molar-refractivity contribution in [3.05, 3.63) is 56.2 Å². The molecule has 0 aliphatic heterocycles. The van der Waals surface area contributed by atoms with Crippen LogP contribution in [-0.2, 0) is 24.4 Å². The minimum Gasteiger partial charge on any atom is -0.396 e. The van der Waals surface area contributed by atoms with Crippen molar-refractivity contribution >= 4 is 18.2 Å². The predicted octanol–water partition coefficient (Wildman–Crippen LogP) is 2.44. The lowest BCUT2D eigenvalue weighted by atomic mass is 10.1. The third-order valence-electron chi connectivity index (χ3n) is 4.76. The lowest BCUT2D eigenvalue weighted by Crippen LogP contribution is -2.44. The first-order valence-electron chi connectivity index (χ1n) is 10.2. The monoisotopic (exact) mass is 416 g/mol. The second-order valence-corrected chi connectivity index (χ2v) is 7.42. The Morgan fingerprint density at radius 3 is 2.40 bits per heavy atom. The van der Waals surface area contributed by atoms with E-state index in [4.69, 9.17) is 4.74 Å². The first-order chi connectivity index (χ1) is 14.3. The summed E-state index contributed by atoms with van der Waals surface area (Å²) in [5, 5.41) is 9.19. The number of aliphatic hydroxyl groups is 1. The summed E-state index contributed by atoms with van der Waals surface area (Å²) < 4.78 is 8.41. The first-order valence-corrected chi connectivity index (χ1v) is 10.2. The fourth-order valence-electron chi connectivity index (χ4n) is 3.16. The molecule has 8 heteroatoms. The highest BCUT2D eigenvalue weighted by Crippen LogP contribution is 2.25. The van der Waals surface area contributed by atoms with Crippen LogP contribution >= 0.6 is 0 Å². The molecule has 164 valence electrons. The maximum absolute atomic E-state index is 13.4. The number of hydrogen-bond donors (Lipinski definition) is 1. The summed E-state index contributed by atoms with van der Waals surface area (Å²) in [5.41, 5.74) is 1.49. The van der Waals surface area contributed by atoms with Crippen molar-refractivity contribution in [2.75, 3.05) is 18.2 Å². The van der Waals surface area contributed by atoms with E-state index in [1.807, 2.05) is 52.0 Å². The van der Waals surface area contributed by atoms with Crippen LogP contribution in [0.15, 0.2) is 38.8 Å². The lowest BCUT2D eigenvalue weighted by molar-refractivity contribution is 0.0781. The zero-order chi connectivity index (χ0) is 22.3. The highest BCUT2D eigenvalue weighted by atomic mass is 16.5. The third kappa shape index (κ3) is 5.46. The lowest BCUT2D eigenvalue weighted by Gasteiger charge is -2.28. The Balaban J connectivity index is 2.66. The number of benzene rings is 1. The van der Waals surface area contributed by atoms with Gasteiger partial charge in [0.1, 0.15) is 12.4 Å². The van der Waals surface area contributed by atoms with E-state index in [9.17, 15) is 14.7 Å². The maximum Gasteiger partial charge on any atom is 0.332 e. The average molecular weight is 417 g/mol. The summed E-state index contributed by atoms with van der Waals surface area (Å²) in [6.07, 6.45) is 0.263. The highest BCUT2D eigenvalue weighted by Gasteiger charge is 2.23. The van der Waals surface area contributed by atoms with Crippen LogP contribution in [0.1, 0.15) is 38.3 Å². The molecule has 0 unspecified atom stereocenters. The van der Waals surface area contributed by atoms with Gasteiger partial charge in [0.25, 0.3) is 5.56 Å². The molecule has 0 radical (unpaired) electrons. The summed E-state index contributed by atoms with van der Waals surface area (Å²) in [6.45, 7) is 12.2. The minimum absolute atomic E-state index is 0.0423. The van der Waals surface area contributed by atoms with Crippen LogP contribution in [0.4, 0.5) is 11.5 Å². The fraction of sp³-hybridized carbons (Fsp3) is 0.500. The molecule has 0 bridgehead atoms. The molecule has 1 aromatic heterocycles. The average Bonchev–Trinajstić information content (AvgIpc) is 2.72. The Hall–Kier alpha value is -2.71. The molecule has 0 spiro atoms. The van der Waals surface area contributed by atoms with E-state index >= 15 is 0 Å². The fourth-order valence-corrected chi connectivity index (χ4v) is 3.16. The molecule has 0 aliphatic carbocycles. The number of hydrogen-bond acceptors (Lipinski definition) is 6. The van der Waals surface area contributed by atoms with Gasteiger partial charge < -0.3 is 14.7 Å². The zero-order valence-corrected chi connectivity index (χ0v) is 18.3. The second-order valence-electron chi connectivity index (χ2n) is 7.42. The number of anilines is 1. The second kappa shape index (κ2) is 10.9. The normalized spacial score (nSPS) is 11.1. The molecule has 0 aliphatic rings. The van der Waals surface area contributed by atoms with Gasteiger partial charge in [-0.1, -0.05) is 29.8 Å². The van der Waals surface area contributed by atoms with Gasteiger partial charge in [-0.15, -0.1) is 0 Å². The van der Waals surface area contributed by atoms with Gasteiger partial charge in [-0.05, 0) is 46.4 Å². The smallest absolute Gasteiger partial charge is 0.332 e. The van der Waals surface area contributed by atoms with Gasteiger partial charge in [0, 0.05) is 26.2 Å². The van der Waals surface area contributed by atoms with Crippen LogP contribution in [0.3, 0.4) is 0 Å². The Kier molecular flexibility index (Phi) is 8.56. The Morgan fingerprint density at radius 2 is 1.87 bits per heavy atom. The molecule has 1 N–H and O–H groups in total. The van der Waals surface area contributed by atoms with Crippen molar-refractivity contribution in [1.82, 2.24) is 9.13 Å². The van der Waals surface area contributed by atoms with Crippen LogP contribution in [0.2, 0.25) is 0 Å². The van der Waals surface area contributed by atoms with Gasteiger partial charge in [0.2, 0.25) is 0 Å². The molecular formula is C22H32N4O4. The van der Waals surface area contributed by atoms with Crippen molar-refractivity contribution in [2.24, 2.45) is 4.99 Å². The molecule has 2 aromatic rings. The summed E-state index contributed by atoms with van der Waals surface area (Å²) in [5.74, 6) is 0.229. The van der Waals surface area contributed by atoms with E-state index in [0.29, 0.717) is 19.5 Å². The van der Waals surface area contributed by atoms with E-state index in [1.165, 1.54) is 4.57 Å². The Bertz CT molecular complexity index is 961. The number of aliphatic imine (C=N–C) groups is 1. The predicted molar refractivity (Wildman–Crippen MR) is 120 cm³/mol. The van der Waals surface area contributed by atoms with Crippen LogP contribution in [0, 0.1) is 6.92 Å². The van der Waals surface area contributed by atoms with Gasteiger partial charge in [0.15, 0.2) is 5.82 Å². The van der Waals surface area contributed by atoms with E-state index in [2.05, 4.69) is 11.7 Å². The van der Waals surface area contributed by atoms with Crippen molar-refractivity contribution in [1.29, 1.82) is 0 Å². The Labute approximate surface area is 177 Å². The number of rotatable bonds is 11. The summed E-state index contributed by atoms with van der Waals surface area (Å²) >= 11 is 0. The van der Waals surface area contributed by atoms with E-state index in [1.54, 1.807) is 4.90 Å². The maximum atomic E-state index is 13.4. The van der Waals surface area contributed by atoms with Crippen molar-refractivity contribution in [3.8, 4) is 0 Å². The van der Waals surface area contributed by atoms with Gasteiger partial charge in [0.05, 0.1) is 6.10 Å². The van der Waals surface area contributed by atoms with Crippen molar-refractivity contribution in [3.63, 3.8) is 0 Å². The van der Waals surface area contributed by atoms with E-state index in [0.717, 1.165) is 15.7 Å². The highest BCUT2D eigenvalue weighted by molar-refractivity contribution is 5.64. The Morgan fingerprint density at radius 1 is 1.20 bits per heavy atom. The van der Waals surface area contributed by atoms with Gasteiger partial charge >= 0.3 is 5.69 Å². The molecule has 1 heterocycles. The molecule has 8 nitrogen and oxygen atoms in total. The third-order valence-corrected chi connectivity index (χ3v) is 4.76.